The number of nitrogens with two attached hydrogens (primary N) is 3. The molecular formula is C23H40N8O8S. The predicted octanol–water partition coefficient (Wildman–Crippen LogP) is -3.04. The molecule has 4 amide bonds. The number of carbonyl (C=O) groups is 6. The molecular weight excluding hydrogens is 548 g/mol. The third kappa shape index (κ3) is 10.9. The lowest BCUT2D eigenvalue weighted by Crippen LogP contribution is -2.60. The van der Waals surface area contributed by atoms with E-state index in [0.29, 0.717) is 12.8 Å². The summed E-state index contributed by atoms with van der Waals surface area (Å²) in [5.41, 5.74) is 16.4. The molecule has 0 aromatic carbocycles. The van der Waals surface area contributed by atoms with Crippen molar-refractivity contribution in [2.24, 2.45) is 28.1 Å². The lowest BCUT2D eigenvalue weighted by molar-refractivity contribution is -0.148. The molecule has 1 aliphatic heterocycles. The SMILES string of the molecule is CC(C)[C@H](NC(=O)[C@H](CS)NC(=O)[C@@H](N)CCCN=C(N)N)C(=O)N1CCC[C@H]1C(=O)N[C@@H](CC(=O)O)C(=O)O. The van der Waals surface area contributed by atoms with Crippen LogP contribution in [0.25, 0.3) is 0 Å². The monoisotopic (exact) mass is 588 g/mol. The molecule has 1 aliphatic rings. The number of likely N-dealkylation sites (tertiary alicyclic amines) is 1. The van der Waals surface area contributed by atoms with E-state index < -0.39 is 78.1 Å². The van der Waals surface area contributed by atoms with E-state index in [2.05, 4.69) is 33.6 Å². The smallest absolute Gasteiger partial charge is 0.326 e. The summed E-state index contributed by atoms with van der Waals surface area (Å²) in [5, 5.41) is 25.4. The molecule has 5 atom stereocenters. The Bertz CT molecular complexity index is 975. The van der Waals surface area contributed by atoms with E-state index in [4.69, 9.17) is 22.3 Å². The Morgan fingerprint density at radius 1 is 1.02 bits per heavy atom. The van der Waals surface area contributed by atoms with Gasteiger partial charge in [0.15, 0.2) is 5.96 Å². The zero-order valence-corrected chi connectivity index (χ0v) is 23.4. The molecule has 0 aliphatic carbocycles. The highest BCUT2D eigenvalue weighted by molar-refractivity contribution is 7.80. The first-order valence-electron chi connectivity index (χ1n) is 12.8. The summed E-state index contributed by atoms with van der Waals surface area (Å²) in [4.78, 5) is 79.1. The Balaban J connectivity index is 2.88. The van der Waals surface area contributed by atoms with Crippen LogP contribution in [0.2, 0.25) is 0 Å². The molecule has 1 saturated heterocycles. The quantitative estimate of drug-likeness (QED) is 0.0378. The third-order valence-corrected chi connectivity index (χ3v) is 6.55. The van der Waals surface area contributed by atoms with Gasteiger partial charge in [-0.25, -0.2) is 4.79 Å². The number of rotatable bonds is 16. The van der Waals surface area contributed by atoms with Crippen molar-refractivity contribution in [1.82, 2.24) is 20.9 Å². The zero-order chi connectivity index (χ0) is 30.6. The molecule has 16 nitrogen and oxygen atoms in total. The first-order valence-corrected chi connectivity index (χ1v) is 13.4. The fraction of sp³-hybridized carbons (Fsp3) is 0.696. The highest BCUT2D eigenvalue weighted by atomic mass is 32.1. The molecule has 1 heterocycles. The molecule has 0 aromatic heterocycles. The molecule has 0 radical (unpaired) electrons. The number of hydrogen-bond acceptors (Lipinski definition) is 9. The van der Waals surface area contributed by atoms with E-state index in [9.17, 15) is 33.9 Å². The van der Waals surface area contributed by atoms with Crippen molar-refractivity contribution < 1.29 is 39.0 Å². The van der Waals surface area contributed by atoms with Gasteiger partial charge in [0.1, 0.15) is 24.2 Å². The van der Waals surface area contributed by atoms with E-state index in [-0.39, 0.29) is 37.6 Å². The minimum Gasteiger partial charge on any atom is -0.481 e. The van der Waals surface area contributed by atoms with Gasteiger partial charge >= 0.3 is 11.9 Å². The van der Waals surface area contributed by atoms with Gasteiger partial charge in [-0.2, -0.15) is 12.6 Å². The van der Waals surface area contributed by atoms with Gasteiger partial charge in [-0.1, -0.05) is 13.8 Å². The normalized spacial score (nSPS) is 17.7. The lowest BCUT2D eigenvalue weighted by atomic mass is 10.0. The number of carbonyl (C=O) groups excluding carboxylic acids is 4. The molecule has 0 spiro atoms. The van der Waals surface area contributed by atoms with E-state index in [1.807, 2.05) is 0 Å². The predicted molar refractivity (Wildman–Crippen MR) is 147 cm³/mol. The topological polar surface area (TPSA) is 273 Å². The van der Waals surface area contributed by atoms with Crippen LogP contribution < -0.4 is 33.2 Å². The maximum atomic E-state index is 13.4. The Kier molecular flexibility index (Phi) is 14.2. The largest absolute Gasteiger partial charge is 0.481 e. The number of thiol groups is 1. The number of nitrogens with one attached hydrogen (secondary N) is 3. The van der Waals surface area contributed by atoms with Gasteiger partial charge in [-0.3, -0.25) is 29.0 Å². The number of aliphatic imine (C=N–C) groups is 1. The number of carboxylic acids is 2. The van der Waals surface area contributed by atoms with Crippen molar-refractivity contribution in [1.29, 1.82) is 0 Å². The Morgan fingerprint density at radius 2 is 1.68 bits per heavy atom. The standard InChI is InChI=1S/C23H40N8O8S/c1-11(2)17(30-19(35)14(10-40)29-18(34)12(24)5-3-7-27-23(25)26)21(37)31-8-4-6-15(31)20(36)28-13(22(38)39)9-16(32)33/h11-15,17,40H,3-10,24H2,1-2H3,(H,28,36)(H,29,34)(H,30,35)(H,32,33)(H,38,39)(H4,25,26,27)/t12-,13-,14-,15-,17-/m0/s1. The maximum absolute atomic E-state index is 13.4. The summed E-state index contributed by atoms with van der Waals surface area (Å²) in [6.07, 6.45) is 0.525. The maximum Gasteiger partial charge on any atom is 0.326 e. The zero-order valence-electron chi connectivity index (χ0n) is 22.5. The van der Waals surface area contributed by atoms with Crippen LogP contribution in [0.1, 0.15) is 46.0 Å². The number of guanidine groups is 1. The molecule has 17 heteroatoms. The van der Waals surface area contributed by atoms with E-state index >= 15 is 0 Å². The van der Waals surface area contributed by atoms with Crippen molar-refractivity contribution >= 4 is 54.2 Å². The fourth-order valence-electron chi connectivity index (χ4n) is 4.02. The van der Waals surface area contributed by atoms with Crippen LogP contribution in [0, 0.1) is 5.92 Å². The van der Waals surface area contributed by atoms with Gasteiger partial charge in [0, 0.05) is 18.8 Å². The average molecular weight is 589 g/mol. The first kappa shape index (κ1) is 34.4. The Hall–Kier alpha value is -3.60. The van der Waals surface area contributed by atoms with Crippen molar-refractivity contribution in [2.45, 2.75) is 76.2 Å². The number of carboxylic acid groups (broad SMARTS) is 2. The van der Waals surface area contributed by atoms with Crippen molar-refractivity contribution in [3.63, 3.8) is 0 Å². The highest BCUT2D eigenvalue weighted by Crippen LogP contribution is 2.21. The van der Waals surface area contributed by atoms with E-state index in [1.54, 1.807) is 13.8 Å². The molecule has 0 aromatic rings. The number of amides is 4. The summed E-state index contributed by atoms with van der Waals surface area (Å²) >= 11 is 4.13. The van der Waals surface area contributed by atoms with Crippen molar-refractivity contribution in [3.05, 3.63) is 0 Å². The van der Waals surface area contributed by atoms with Crippen LogP contribution in [-0.4, -0.2) is 106 Å². The van der Waals surface area contributed by atoms with Crippen LogP contribution in [0.4, 0.5) is 0 Å². The highest BCUT2D eigenvalue weighted by Gasteiger charge is 2.40. The molecule has 1 rings (SSSR count). The minimum absolute atomic E-state index is 0.0809. The first-order chi connectivity index (χ1) is 18.7. The van der Waals surface area contributed by atoms with Crippen LogP contribution in [0.3, 0.4) is 0 Å². The summed E-state index contributed by atoms with van der Waals surface area (Å²) in [6, 6.07) is -5.84. The van der Waals surface area contributed by atoms with Gasteiger partial charge in [0.2, 0.25) is 23.6 Å². The van der Waals surface area contributed by atoms with E-state index in [1.165, 1.54) is 4.90 Å². The molecule has 226 valence electrons. The third-order valence-electron chi connectivity index (χ3n) is 6.18. The molecule has 0 bridgehead atoms. The lowest BCUT2D eigenvalue weighted by Gasteiger charge is -2.31. The molecule has 1 fully saturated rings. The van der Waals surface area contributed by atoms with Crippen molar-refractivity contribution in [3.8, 4) is 0 Å². The van der Waals surface area contributed by atoms with Gasteiger partial charge in [-0.05, 0) is 31.6 Å². The van der Waals surface area contributed by atoms with Crippen molar-refractivity contribution in [2.75, 3.05) is 18.8 Å². The molecule has 40 heavy (non-hydrogen) atoms. The summed E-state index contributed by atoms with van der Waals surface area (Å²) < 4.78 is 0. The minimum atomic E-state index is -1.67. The van der Waals surface area contributed by atoms with Crippen LogP contribution >= 0.6 is 12.6 Å². The molecule has 0 saturated carbocycles. The number of aliphatic carboxylic acids is 2. The van der Waals surface area contributed by atoms with E-state index in [0.717, 1.165) is 0 Å². The average Bonchev–Trinajstić information content (AvgIpc) is 3.36. The van der Waals surface area contributed by atoms with Gasteiger partial charge < -0.3 is 48.3 Å². The van der Waals surface area contributed by atoms with Gasteiger partial charge in [0.05, 0.1) is 12.5 Å². The molecule has 11 N–H and O–H groups in total. The number of nitrogens with zero attached hydrogens (tertiary/aromatic N) is 2. The number of hydrogen-bond donors (Lipinski definition) is 9. The second-order valence-corrected chi connectivity index (χ2v) is 10.1. The summed E-state index contributed by atoms with van der Waals surface area (Å²) in [7, 11) is 0. The Morgan fingerprint density at radius 3 is 2.20 bits per heavy atom. The van der Waals surface area contributed by atoms with Gasteiger partial charge in [0.25, 0.3) is 0 Å². The summed E-state index contributed by atoms with van der Waals surface area (Å²) in [6.45, 7) is 3.82. The molecule has 0 unspecified atom stereocenters. The van der Waals surface area contributed by atoms with Crippen LogP contribution in [-0.2, 0) is 28.8 Å². The van der Waals surface area contributed by atoms with Crippen LogP contribution in [0.5, 0.6) is 0 Å². The van der Waals surface area contributed by atoms with Gasteiger partial charge in [-0.15, -0.1) is 0 Å². The Labute approximate surface area is 237 Å². The second kappa shape index (κ2) is 16.5. The fourth-order valence-corrected chi connectivity index (χ4v) is 4.27. The summed E-state index contributed by atoms with van der Waals surface area (Å²) in [5.74, 6) is -6.19. The van der Waals surface area contributed by atoms with Crippen LogP contribution in [0.15, 0.2) is 4.99 Å². The second-order valence-electron chi connectivity index (χ2n) is 9.72.